The Morgan fingerprint density at radius 2 is 1.35 bits per heavy atom. The molecule has 1 rings (SSSR count). The third-order valence-electron chi connectivity index (χ3n) is 3.80. The molecule has 0 aromatic carbocycles. The fourth-order valence-corrected chi connectivity index (χ4v) is 2.55. The van der Waals surface area contributed by atoms with Crippen LogP contribution in [0.25, 0.3) is 0 Å². The van der Waals surface area contributed by atoms with Gasteiger partial charge in [-0.2, -0.15) is 0 Å². The Hall–Kier alpha value is -0.0800. The summed E-state index contributed by atoms with van der Waals surface area (Å²) in [5.41, 5.74) is 0. The lowest BCUT2D eigenvalue weighted by Crippen LogP contribution is -2.46. The zero-order valence-corrected chi connectivity index (χ0v) is 12.2. The quantitative estimate of drug-likeness (QED) is 0.601. The molecule has 0 aliphatic carbocycles. The Balaban J connectivity index is 2.01. The van der Waals surface area contributed by atoms with Gasteiger partial charge in [-0.15, -0.1) is 0 Å². The van der Waals surface area contributed by atoms with Crippen LogP contribution in [0, 0.1) is 5.92 Å². The highest BCUT2D eigenvalue weighted by Crippen LogP contribution is 2.08. The molecule has 0 amide bonds. The maximum atomic E-state index is 2.65. The second-order valence-electron chi connectivity index (χ2n) is 5.93. The molecule has 102 valence electrons. The minimum Gasteiger partial charge on any atom is -0.301 e. The van der Waals surface area contributed by atoms with Crippen LogP contribution in [0.3, 0.4) is 0 Å². The first-order chi connectivity index (χ1) is 8.22. The van der Waals surface area contributed by atoms with Gasteiger partial charge in [0.05, 0.1) is 0 Å². The van der Waals surface area contributed by atoms with Crippen molar-refractivity contribution in [3.05, 3.63) is 0 Å². The Morgan fingerprint density at radius 1 is 0.824 bits per heavy atom. The normalized spacial score (nSPS) is 19.1. The van der Waals surface area contributed by atoms with E-state index < -0.39 is 0 Å². The molecule has 1 heterocycles. The van der Waals surface area contributed by atoms with E-state index in [1.807, 2.05) is 0 Å². The molecule has 1 fully saturated rings. The Kier molecular flexibility index (Phi) is 7.87. The second-order valence-corrected chi connectivity index (χ2v) is 5.93. The molecule has 2 nitrogen and oxygen atoms in total. The summed E-state index contributed by atoms with van der Waals surface area (Å²) in [6, 6.07) is 0. The molecule has 0 atom stereocenters. The number of unbranched alkanes of at least 4 members (excludes halogenated alkanes) is 2. The Bertz CT molecular complexity index is 172. The van der Waals surface area contributed by atoms with E-state index in [2.05, 4.69) is 30.6 Å². The van der Waals surface area contributed by atoms with Crippen LogP contribution >= 0.6 is 0 Å². The van der Waals surface area contributed by atoms with Crippen molar-refractivity contribution in [1.29, 1.82) is 0 Å². The molecule has 0 spiro atoms. The van der Waals surface area contributed by atoms with Crippen LogP contribution in [-0.2, 0) is 0 Å². The van der Waals surface area contributed by atoms with Crippen LogP contribution in [0.5, 0.6) is 0 Å². The predicted molar refractivity (Wildman–Crippen MR) is 76.5 cm³/mol. The van der Waals surface area contributed by atoms with Gasteiger partial charge >= 0.3 is 0 Å². The summed E-state index contributed by atoms with van der Waals surface area (Å²) in [4.78, 5) is 5.30. The largest absolute Gasteiger partial charge is 0.301 e. The summed E-state index contributed by atoms with van der Waals surface area (Å²) in [6.45, 7) is 14.8. The van der Waals surface area contributed by atoms with E-state index in [1.54, 1.807) is 0 Å². The minimum absolute atomic E-state index is 0.866. The Morgan fingerprint density at radius 3 is 1.82 bits per heavy atom. The van der Waals surface area contributed by atoms with E-state index in [0.717, 1.165) is 5.92 Å². The maximum absolute atomic E-state index is 2.65. The lowest BCUT2D eigenvalue weighted by molar-refractivity contribution is 0.128. The first kappa shape index (κ1) is 15.0. The average Bonchev–Trinajstić information content (AvgIpc) is 2.31. The molecule has 0 radical (unpaired) electrons. The summed E-state index contributed by atoms with van der Waals surface area (Å²) in [6.07, 6.45) is 6.90. The first-order valence-corrected chi connectivity index (χ1v) is 7.67. The van der Waals surface area contributed by atoms with E-state index >= 15 is 0 Å². The van der Waals surface area contributed by atoms with Crippen molar-refractivity contribution in [2.75, 3.05) is 39.3 Å². The average molecular weight is 240 g/mol. The molecule has 2 heteroatoms. The number of hydrogen-bond acceptors (Lipinski definition) is 2. The SMILES string of the molecule is CCCCCN1CCN(CCCC(C)C)CC1. The lowest BCUT2D eigenvalue weighted by atomic mass is 10.1. The zero-order valence-electron chi connectivity index (χ0n) is 12.2. The topological polar surface area (TPSA) is 6.48 Å². The molecule has 0 aromatic rings. The molecule has 1 saturated heterocycles. The van der Waals surface area contributed by atoms with Gasteiger partial charge in [0, 0.05) is 26.2 Å². The molecule has 0 unspecified atom stereocenters. The van der Waals surface area contributed by atoms with Crippen LogP contribution in [0.15, 0.2) is 0 Å². The smallest absolute Gasteiger partial charge is 0.0110 e. The molecule has 0 aromatic heterocycles. The standard InChI is InChI=1S/C15H32N2/c1-4-5-6-9-16-11-13-17(14-12-16)10-7-8-15(2)3/h15H,4-14H2,1-3H3. The second kappa shape index (κ2) is 8.93. The number of piperazine rings is 1. The van der Waals surface area contributed by atoms with E-state index in [4.69, 9.17) is 0 Å². The first-order valence-electron chi connectivity index (χ1n) is 7.67. The molecule has 0 bridgehead atoms. The molecule has 1 aliphatic heterocycles. The van der Waals surface area contributed by atoms with Gasteiger partial charge in [-0.1, -0.05) is 33.6 Å². The van der Waals surface area contributed by atoms with E-state index in [1.165, 1.54) is 71.4 Å². The zero-order chi connectivity index (χ0) is 12.5. The van der Waals surface area contributed by atoms with Crippen molar-refractivity contribution >= 4 is 0 Å². The molecule has 17 heavy (non-hydrogen) atoms. The van der Waals surface area contributed by atoms with E-state index in [-0.39, 0.29) is 0 Å². The predicted octanol–water partition coefficient (Wildman–Crippen LogP) is 3.23. The molecule has 1 aliphatic rings. The van der Waals surface area contributed by atoms with Crippen LogP contribution < -0.4 is 0 Å². The number of hydrogen-bond donors (Lipinski definition) is 0. The summed E-state index contributed by atoms with van der Waals surface area (Å²) in [5.74, 6) is 0.866. The van der Waals surface area contributed by atoms with Crippen molar-refractivity contribution in [2.45, 2.75) is 52.9 Å². The highest BCUT2D eigenvalue weighted by molar-refractivity contribution is 4.71. The number of rotatable bonds is 8. The van der Waals surface area contributed by atoms with Crippen LogP contribution in [-0.4, -0.2) is 49.1 Å². The van der Waals surface area contributed by atoms with Gasteiger partial charge in [0.15, 0.2) is 0 Å². The van der Waals surface area contributed by atoms with Gasteiger partial charge in [0.25, 0.3) is 0 Å². The van der Waals surface area contributed by atoms with Crippen molar-refractivity contribution in [1.82, 2.24) is 9.80 Å². The van der Waals surface area contributed by atoms with Gasteiger partial charge in [0.1, 0.15) is 0 Å². The van der Waals surface area contributed by atoms with Crippen molar-refractivity contribution < 1.29 is 0 Å². The molecular formula is C15H32N2. The maximum Gasteiger partial charge on any atom is 0.0110 e. The number of nitrogens with zero attached hydrogens (tertiary/aromatic N) is 2. The lowest BCUT2D eigenvalue weighted by Gasteiger charge is -2.34. The monoisotopic (exact) mass is 240 g/mol. The summed E-state index contributed by atoms with van der Waals surface area (Å²) in [7, 11) is 0. The van der Waals surface area contributed by atoms with Crippen molar-refractivity contribution in [2.24, 2.45) is 5.92 Å². The van der Waals surface area contributed by atoms with Crippen molar-refractivity contribution in [3.63, 3.8) is 0 Å². The molecular weight excluding hydrogens is 208 g/mol. The van der Waals surface area contributed by atoms with Gasteiger partial charge in [-0.3, -0.25) is 0 Å². The molecule has 0 saturated carbocycles. The van der Waals surface area contributed by atoms with Crippen molar-refractivity contribution in [3.8, 4) is 0 Å². The van der Waals surface area contributed by atoms with Crippen LogP contribution in [0.1, 0.15) is 52.9 Å². The van der Waals surface area contributed by atoms with Gasteiger partial charge in [-0.05, 0) is 38.3 Å². The van der Waals surface area contributed by atoms with E-state index in [0.29, 0.717) is 0 Å². The summed E-state index contributed by atoms with van der Waals surface area (Å²) < 4.78 is 0. The fourth-order valence-electron chi connectivity index (χ4n) is 2.55. The highest BCUT2D eigenvalue weighted by atomic mass is 15.3. The minimum atomic E-state index is 0.866. The fraction of sp³-hybridized carbons (Fsp3) is 1.00. The Labute approximate surface area is 108 Å². The third kappa shape index (κ3) is 7.05. The highest BCUT2D eigenvalue weighted by Gasteiger charge is 2.15. The van der Waals surface area contributed by atoms with Crippen LogP contribution in [0.2, 0.25) is 0 Å². The van der Waals surface area contributed by atoms with E-state index in [9.17, 15) is 0 Å². The van der Waals surface area contributed by atoms with Crippen LogP contribution in [0.4, 0.5) is 0 Å². The molecule has 0 N–H and O–H groups in total. The summed E-state index contributed by atoms with van der Waals surface area (Å²) in [5, 5.41) is 0. The third-order valence-corrected chi connectivity index (χ3v) is 3.80. The van der Waals surface area contributed by atoms with Gasteiger partial charge in [-0.25, -0.2) is 0 Å². The summed E-state index contributed by atoms with van der Waals surface area (Å²) >= 11 is 0. The van der Waals surface area contributed by atoms with Gasteiger partial charge < -0.3 is 9.80 Å². The van der Waals surface area contributed by atoms with Gasteiger partial charge in [0.2, 0.25) is 0 Å².